The van der Waals surface area contributed by atoms with Crippen molar-refractivity contribution in [3.63, 3.8) is 0 Å². The number of nitrogens with zero attached hydrogens (tertiary/aromatic N) is 2. The van der Waals surface area contributed by atoms with Crippen LogP contribution in [0.2, 0.25) is 0 Å². The molecule has 2 heteroatoms. The first kappa shape index (κ1) is 58.0. The zero-order valence-corrected chi connectivity index (χ0v) is 43.3. The Labute approximate surface area is 405 Å². The second-order valence-corrected chi connectivity index (χ2v) is 19.4. The summed E-state index contributed by atoms with van der Waals surface area (Å²) in [5.74, 6) is 13.9. The van der Waals surface area contributed by atoms with Gasteiger partial charge >= 0.3 is 0 Å². The van der Waals surface area contributed by atoms with Crippen molar-refractivity contribution in [1.29, 1.82) is 0 Å². The van der Waals surface area contributed by atoms with E-state index in [0.29, 0.717) is 0 Å². The summed E-state index contributed by atoms with van der Waals surface area (Å²) in [6.07, 6.45) is 57.0. The molecule has 65 heavy (non-hydrogen) atoms. The van der Waals surface area contributed by atoms with E-state index in [1.54, 1.807) is 0 Å². The van der Waals surface area contributed by atoms with Crippen LogP contribution in [0.25, 0.3) is 0 Å². The summed E-state index contributed by atoms with van der Waals surface area (Å²) >= 11 is 0. The fraction of sp³-hybridized carbons (Fsp3) is 0.714. The molecule has 364 valence electrons. The highest BCUT2D eigenvalue weighted by molar-refractivity contribution is 6.31. The van der Waals surface area contributed by atoms with Crippen molar-refractivity contribution in [3.05, 3.63) is 59.7 Å². The Morgan fingerprint density at radius 1 is 0.354 bits per heavy atom. The average molecular weight is 888 g/mol. The smallest absolute Gasteiger partial charge is 0.0665 e. The van der Waals surface area contributed by atoms with Crippen molar-refractivity contribution in [2.24, 2.45) is 9.98 Å². The lowest BCUT2D eigenvalue weighted by Crippen LogP contribution is -2.01. The van der Waals surface area contributed by atoms with Gasteiger partial charge in [-0.15, -0.1) is 23.7 Å². The Morgan fingerprint density at radius 3 is 1.06 bits per heavy atom. The Balaban J connectivity index is 1.66. The summed E-state index contributed by atoms with van der Waals surface area (Å²) in [5.41, 5.74) is 5.86. The molecule has 2 rings (SSSR count). The van der Waals surface area contributed by atoms with E-state index in [4.69, 9.17) is 9.98 Å². The van der Waals surface area contributed by atoms with Crippen LogP contribution in [0.1, 0.15) is 289 Å². The van der Waals surface area contributed by atoms with Gasteiger partial charge in [-0.2, -0.15) is 0 Å². The fourth-order valence-corrected chi connectivity index (χ4v) is 8.94. The van der Waals surface area contributed by atoms with Gasteiger partial charge in [0.05, 0.1) is 17.1 Å². The number of aliphatic imine (C=N–C) groups is 2. The van der Waals surface area contributed by atoms with E-state index < -0.39 is 0 Å². The van der Waals surface area contributed by atoms with Crippen LogP contribution in [-0.4, -0.2) is 11.9 Å². The highest BCUT2D eigenvalue weighted by Gasteiger charge is 2.06. The third-order valence-electron chi connectivity index (χ3n) is 13.2. The van der Waals surface area contributed by atoms with Gasteiger partial charge in [-0.05, 0) is 74.6 Å². The molecule has 0 bridgehead atoms. The lowest BCUT2D eigenvalue weighted by atomic mass is 10.0. The molecule has 0 heterocycles. The van der Waals surface area contributed by atoms with Crippen molar-refractivity contribution in [2.45, 2.75) is 290 Å². The zero-order valence-electron chi connectivity index (χ0n) is 43.3. The third kappa shape index (κ3) is 35.7. The van der Waals surface area contributed by atoms with Crippen LogP contribution >= 0.6 is 0 Å². The second kappa shape index (κ2) is 46.0. The summed E-state index contributed by atoms with van der Waals surface area (Å²) < 4.78 is 0. The van der Waals surface area contributed by atoms with E-state index in [-0.39, 0.29) is 0 Å². The van der Waals surface area contributed by atoms with Gasteiger partial charge in [-0.3, -0.25) is 9.98 Å². The molecule has 2 nitrogen and oxygen atoms in total. The van der Waals surface area contributed by atoms with Gasteiger partial charge in [0.25, 0.3) is 0 Å². The van der Waals surface area contributed by atoms with Gasteiger partial charge in [0.2, 0.25) is 0 Å². The van der Waals surface area contributed by atoms with Crippen LogP contribution in [0.3, 0.4) is 0 Å². The van der Waals surface area contributed by atoms with Crippen molar-refractivity contribution in [1.82, 2.24) is 0 Å². The molecule has 0 atom stereocenters. The standard InChI is InChI=1S/C63H102N2/c1-4-7-10-12-14-16-18-20-22-24-26-28-30-32-34-36-38-40-42-45-51-59-53-47-49-56-62(59)64-58-61(55-44-9-6-3)65-63-57-50-48-54-60(63)52-46-43-41-39-37-35-33-31-29-27-25-23-21-19-17-15-13-11-8-5-2/h47-50,53-54,56-58H,4-37,42-46,51-52,55H2,1-3H3. The van der Waals surface area contributed by atoms with Gasteiger partial charge in [-0.25, -0.2) is 0 Å². The predicted octanol–water partition coefficient (Wildman–Crippen LogP) is 20.9. The molecule has 0 amide bonds. The summed E-state index contributed by atoms with van der Waals surface area (Å²) in [6, 6.07) is 17.4. The van der Waals surface area contributed by atoms with Gasteiger partial charge in [0.15, 0.2) is 0 Å². The van der Waals surface area contributed by atoms with Crippen LogP contribution in [0, 0.1) is 23.7 Å². The van der Waals surface area contributed by atoms with E-state index in [1.165, 1.54) is 217 Å². The van der Waals surface area contributed by atoms with Crippen molar-refractivity contribution in [2.75, 3.05) is 0 Å². The minimum Gasteiger partial charge on any atom is -0.255 e. The zero-order chi connectivity index (χ0) is 46.2. The lowest BCUT2D eigenvalue weighted by molar-refractivity contribution is 0.533. The molecule has 0 aliphatic heterocycles. The predicted molar refractivity (Wildman–Crippen MR) is 293 cm³/mol. The highest BCUT2D eigenvalue weighted by atomic mass is 14.8. The molecule has 0 saturated heterocycles. The summed E-state index contributed by atoms with van der Waals surface area (Å²) in [5, 5.41) is 0. The van der Waals surface area contributed by atoms with Crippen LogP contribution in [0.15, 0.2) is 58.5 Å². The number of para-hydroxylation sites is 2. The molecule has 0 N–H and O–H groups in total. The van der Waals surface area contributed by atoms with Gasteiger partial charge in [0, 0.05) is 31.9 Å². The molecular formula is C63H102N2. The van der Waals surface area contributed by atoms with Crippen LogP contribution in [0.4, 0.5) is 11.4 Å². The normalized spacial score (nSPS) is 11.5. The van der Waals surface area contributed by atoms with Crippen molar-refractivity contribution in [3.8, 4) is 23.7 Å². The molecule has 0 aliphatic rings. The van der Waals surface area contributed by atoms with Gasteiger partial charge < -0.3 is 0 Å². The number of unbranched alkanes of at least 4 members (excludes halogenated alkanes) is 34. The number of aryl methyl sites for hydroxylation is 2. The maximum absolute atomic E-state index is 5.25. The first-order valence-corrected chi connectivity index (χ1v) is 28.5. The number of benzene rings is 2. The van der Waals surface area contributed by atoms with Gasteiger partial charge in [0.1, 0.15) is 0 Å². The largest absolute Gasteiger partial charge is 0.255 e. The van der Waals surface area contributed by atoms with Crippen LogP contribution < -0.4 is 0 Å². The molecule has 0 saturated carbocycles. The molecule has 0 aliphatic carbocycles. The van der Waals surface area contributed by atoms with Crippen molar-refractivity contribution >= 4 is 23.3 Å². The topological polar surface area (TPSA) is 24.7 Å². The van der Waals surface area contributed by atoms with E-state index in [2.05, 4.69) is 93.0 Å². The maximum atomic E-state index is 5.25. The fourth-order valence-electron chi connectivity index (χ4n) is 8.94. The van der Waals surface area contributed by atoms with E-state index >= 15 is 0 Å². The highest BCUT2D eigenvalue weighted by Crippen LogP contribution is 2.24. The summed E-state index contributed by atoms with van der Waals surface area (Å²) in [6.45, 7) is 6.87. The van der Waals surface area contributed by atoms with Crippen LogP contribution in [-0.2, 0) is 12.8 Å². The third-order valence-corrected chi connectivity index (χ3v) is 13.2. The molecule has 0 spiro atoms. The Kier molecular flexibility index (Phi) is 41.1. The Morgan fingerprint density at radius 2 is 0.662 bits per heavy atom. The first-order chi connectivity index (χ1) is 32.3. The first-order valence-electron chi connectivity index (χ1n) is 28.5. The molecule has 0 aromatic heterocycles. The minimum absolute atomic E-state index is 0.952. The summed E-state index contributed by atoms with van der Waals surface area (Å²) in [7, 11) is 0. The molecule has 0 radical (unpaired) electrons. The Hall–Kier alpha value is -3.10. The van der Waals surface area contributed by atoms with Gasteiger partial charge in [-0.1, -0.05) is 250 Å². The quantitative estimate of drug-likeness (QED) is 0.0360. The molecular weight excluding hydrogens is 785 g/mol. The van der Waals surface area contributed by atoms with E-state index in [1.807, 2.05) is 6.21 Å². The monoisotopic (exact) mass is 887 g/mol. The molecule has 2 aromatic carbocycles. The summed E-state index contributed by atoms with van der Waals surface area (Å²) in [4.78, 5) is 10.3. The second-order valence-electron chi connectivity index (χ2n) is 19.4. The lowest BCUT2D eigenvalue weighted by Gasteiger charge is -2.08. The Bertz CT molecular complexity index is 1540. The van der Waals surface area contributed by atoms with Crippen molar-refractivity contribution < 1.29 is 0 Å². The SMILES string of the molecule is CCCCCCCCCCCCCCCCCC#CCCCc1ccccc1N=CC(CCCCC)=Nc1ccccc1CCCC#CCCCCCCCCCCCCCCCCC. The number of rotatable bonds is 43. The van der Waals surface area contributed by atoms with E-state index in [0.717, 1.165) is 81.3 Å². The average Bonchev–Trinajstić information content (AvgIpc) is 3.32. The molecule has 2 aromatic rings. The molecule has 0 fully saturated rings. The molecule has 0 unspecified atom stereocenters. The minimum atomic E-state index is 0.952. The van der Waals surface area contributed by atoms with E-state index in [9.17, 15) is 0 Å². The number of hydrogen-bond donors (Lipinski definition) is 0. The maximum Gasteiger partial charge on any atom is 0.0665 e. The number of hydrogen-bond acceptors (Lipinski definition) is 2. The van der Waals surface area contributed by atoms with Crippen LogP contribution in [0.5, 0.6) is 0 Å².